The van der Waals surface area contributed by atoms with Crippen LogP contribution in [0, 0.1) is 0 Å². The average Bonchev–Trinajstić information content (AvgIpc) is 2.72. The lowest BCUT2D eigenvalue weighted by Crippen LogP contribution is -2.40. The summed E-state index contributed by atoms with van der Waals surface area (Å²) in [6, 6.07) is 0.719. The molecule has 78 valence electrons. The molecule has 2 N–H and O–H groups in total. The van der Waals surface area contributed by atoms with Gasteiger partial charge in [-0.05, 0) is 25.9 Å². The highest BCUT2D eigenvalue weighted by molar-refractivity contribution is 7.09. The minimum absolute atomic E-state index is 0.719. The van der Waals surface area contributed by atoms with Crippen molar-refractivity contribution in [3.63, 3.8) is 0 Å². The van der Waals surface area contributed by atoms with Crippen LogP contribution in [0.5, 0.6) is 0 Å². The third kappa shape index (κ3) is 3.04. The molecule has 0 saturated carbocycles. The second-order valence-electron chi connectivity index (χ2n) is 3.65. The van der Waals surface area contributed by atoms with Crippen molar-refractivity contribution in [2.24, 2.45) is 0 Å². The molecular weight excluding hydrogens is 194 g/mol. The van der Waals surface area contributed by atoms with Gasteiger partial charge in [0.25, 0.3) is 0 Å². The average molecular weight is 211 g/mol. The predicted octanol–water partition coefficient (Wildman–Crippen LogP) is 1.03. The first-order valence-corrected chi connectivity index (χ1v) is 6.15. The molecule has 0 unspecified atom stereocenters. The van der Waals surface area contributed by atoms with Crippen LogP contribution >= 0.6 is 11.3 Å². The number of hydrogen-bond donors (Lipinski definition) is 2. The normalized spacial score (nSPS) is 18.6. The Labute approximate surface area is 88.9 Å². The van der Waals surface area contributed by atoms with E-state index >= 15 is 0 Å². The second-order valence-corrected chi connectivity index (χ2v) is 4.63. The standard InChI is InChI=1S/C10H17N3S/c1-4-11-5-2-9(1)12-6-3-10-13-7-8-14-10/h7-9,11-12H,1-6H2. The first kappa shape index (κ1) is 10.1. The molecule has 1 aliphatic rings. The van der Waals surface area contributed by atoms with Crippen molar-refractivity contribution in [1.82, 2.24) is 15.6 Å². The quantitative estimate of drug-likeness (QED) is 0.781. The summed E-state index contributed by atoms with van der Waals surface area (Å²) in [5.74, 6) is 0. The summed E-state index contributed by atoms with van der Waals surface area (Å²) >= 11 is 1.75. The van der Waals surface area contributed by atoms with E-state index in [-0.39, 0.29) is 0 Å². The summed E-state index contributed by atoms with van der Waals surface area (Å²) in [7, 11) is 0. The van der Waals surface area contributed by atoms with Crippen LogP contribution in [0.1, 0.15) is 17.8 Å². The van der Waals surface area contributed by atoms with Gasteiger partial charge < -0.3 is 10.6 Å². The van der Waals surface area contributed by atoms with Crippen molar-refractivity contribution in [2.75, 3.05) is 19.6 Å². The molecule has 3 nitrogen and oxygen atoms in total. The van der Waals surface area contributed by atoms with Gasteiger partial charge in [0.15, 0.2) is 0 Å². The third-order valence-corrected chi connectivity index (χ3v) is 3.43. The fourth-order valence-electron chi connectivity index (χ4n) is 1.79. The Hall–Kier alpha value is -0.450. The van der Waals surface area contributed by atoms with Gasteiger partial charge in [0.1, 0.15) is 0 Å². The molecule has 0 amide bonds. The van der Waals surface area contributed by atoms with E-state index in [2.05, 4.69) is 15.6 Å². The Morgan fingerprint density at radius 2 is 2.36 bits per heavy atom. The second kappa shape index (κ2) is 5.44. The molecule has 14 heavy (non-hydrogen) atoms. The van der Waals surface area contributed by atoms with Gasteiger partial charge in [0.2, 0.25) is 0 Å². The molecule has 0 atom stereocenters. The molecule has 2 heterocycles. The van der Waals surface area contributed by atoms with E-state index in [4.69, 9.17) is 0 Å². The van der Waals surface area contributed by atoms with Gasteiger partial charge in [-0.3, -0.25) is 0 Å². The van der Waals surface area contributed by atoms with Crippen LogP contribution in [-0.4, -0.2) is 30.7 Å². The van der Waals surface area contributed by atoms with E-state index in [1.54, 1.807) is 11.3 Å². The lowest BCUT2D eigenvalue weighted by molar-refractivity contribution is 0.389. The highest BCUT2D eigenvalue weighted by atomic mass is 32.1. The number of nitrogens with one attached hydrogen (secondary N) is 2. The Morgan fingerprint density at radius 1 is 1.50 bits per heavy atom. The zero-order valence-corrected chi connectivity index (χ0v) is 9.15. The molecule has 1 saturated heterocycles. The number of nitrogens with zero attached hydrogens (tertiary/aromatic N) is 1. The molecule has 0 spiro atoms. The number of rotatable bonds is 4. The topological polar surface area (TPSA) is 37.0 Å². The molecular formula is C10H17N3S. The molecule has 0 radical (unpaired) electrons. The predicted molar refractivity (Wildman–Crippen MR) is 59.7 cm³/mol. The maximum atomic E-state index is 4.27. The molecule has 1 aromatic rings. The van der Waals surface area contributed by atoms with Crippen molar-refractivity contribution in [1.29, 1.82) is 0 Å². The Kier molecular flexibility index (Phi) is 3.91. The van der Waals surface area contributed by atoms with Crippen molar-refractivity contribution >= 4 is 11.3 Å². The van der Waals surface area contributed by atoms with Crippen LogP contribution in [0.25, 0.3) is 0 Å². The summed E-state index contributed by atoms with van der Waals surface area (Å²) in [6.07, 6.45) is 5.47. The smallest absolute Gasteiger partial charge is 0.0937 e. The van der Waals surface area contributed by atoms with Crippen molar-refractivity contribution < 1.29 is 0 Å². The van der Waals surface area contributed by atoms with Gasteiger partial charge in [0.05, 0.1) is 5.01 Å². The highest BCUT2D eigenvalue weighted by Gasteiger charge is 2.11. The zero-order chi connectivity index (χ0) is 9.64. The molecule has 2 rings (SSSR count). The fourth-order valence-corrected chi connectivity index (χ4v) is 2.41. The number of hydrogen-bond acceptors (Lipinski definition) is 4. The van der Waals surface area contributed by atoms with E-state index < -0.39 is 0 Å². The number of piperidine rings is 1. The van der Waals surface area contributed by atoms with Gasteiger partial charge in [-0.25, -0.2) is 4.98 Å². The van der Waals surface area contributed by atoms with Gasteiger partial charge >= 0.3 is 0 Å². The monoisotopic (exact) mass is 211 g/mol. The van der Waals surface area contributed by atoms with E-state index in [1.807, 2.05) is 11.6 Å². The zero-order valence-electron chi connectivity index (χ0n) is 8.33. The molecule has 1 aliphatic heterocycles. The summed E-state index contributed by atoms with van der Waals surface area (Å²) < 4.78 is 0. The van der Waals surface area contributed by atoms with Gasteiger partial charge in [0, 0.05) is 30.6 Å². The number of thiazole rings is 1. The maximum absolute atomic E-state index is 4.27. The van der Waals surface area contributed by atoms with Crippen molar-refractivity contribution in [2.45, 2.75) is 25.3 Å². The van der Waals surface area contributed by atoms with Gasteiger partial charge in [-0.2, -0.15) is 0 Å². The minimum atomic E-state index is 0.719. The summed E-state index contributed by atoms with van der Waals surface area (Å²) in [5.41, 5.74) is 0. The lowest BCUT2D eigenvalue weighted by Gasteiger charge is -2.23. The van der Waals surface area contributed by atoms with Crippen LogP contribution in [0.3, 0.4) is 0 Å². The van der Waals surface area contributed by atoms with Crippen LogP contribution < -0.4 is 10.6 Å². The van der Waals surface area contributed by atoms with E-state index in [0.29, 0.717) is 0 Å². The first-order chi connectivity index (χ1) is 6.95. The van der Waals surface area contributed by atoms with Crippen LogP contribution in [0.2, 0.25) is 0 Å². The molecule has 1 aromatic heterocycles. The van der Waals surface area contributed by atoms with E-state index in [0.717, 1.165) is 32.1 Å². The Morgan fingerprint density at radius 3 is 3.07 bits per heavy atom. The molecule has 0 bridgehead atoms. The molecule has 0 aromatic carbocycles. The Bertz CT molecular complexity index is 242. The molecule has 1 fully saturated rings. The van der Waals surface area contributed by atoms with Crippen LogP contribution in [0.15, 0.2) is 11.6 Å². The fraction of sp³-hybridized carbons (Fsp3) is 0.700. The van der Waals surface area contributed by atoms with E-state index in [1.165, 1.54) is 17.8 Å². The third-order valence-electron chi connectivity index (χ3n) is 2.59. The summed E-state index contributed by atoms with van der Waals surface area (Å²) in [4.78, 5) is 4.27. The van der Waals surface area contributed by atoms with Gasteiger partial charge in [-0.15, -0.1) is 11.3 Å². The van der Waals surface area contributed by atoms with Crippen molar-refractivity contribution in [3.8, 4) is 0 Å². The molecule has 0 aliphatic carbocycles. The summed E-state index contributed by atoms with van der Waals surface area (Å²) in [5, 5.41) is 10.2. The first-order valence-electron chi connectivity index (χ1n) is 5.27. The largest absolute Gasteiger partial charge is 0.317 e. The highest BCUT2D eigenvalue weighted by Crippen LogP contribution is 2.05. The Balaban J connectivity index is 1.62. The maximum Gasteiger partial charge on any atom is 0.0937 e. The van der Waals surface area contributed by atoms with Crippen molar-refractivity contribution in [3.05, 3.63) is 16.6 Å². The SMILES string of the molecule is c1csc(CCNC2CCNCC2)n1. The van der Waals surface area contributed by atoms with Gasteiger partial charge in [-0.1, -0.05) is 0 Å². The van der Waals surface area contributed by atoms with Crippen LogP contribution in [-0.2, 0) is 6.42 Å². The van der Waals surface area contributed by atoms with E-state index in [9.17, 15) is 0 Å². The molecule has 4 heteroatoms. The lowest BCUT2D eigenvalue weighted by atomic mass is 10.1. The minimum Gasteiger partial charge on any atom is -0.317 e. The summed E-state index contributed by atoms with van der Waals surface area (Å²) in [6.45, 7) is 3.39. The number of aromatic nitrogens is 1. The van der Waals surface area contributed by atoms with Crippen LogP contribution in [0.4, 0.5) is 0 Å².